The molecule has 39 heavy (non-hydrogen) atoms. The molecule has 0 aliphatic heterocycles. The lowest BCUT2D eigenvalue weighted by Crippen LogP contribution is -2.50. The molecule has 0 aromatic heterocycles. The van der Waals surface area contributed by atoms with Crippen LogP contribution in [0.4, 0.5) is 5.69 Å². The molecule has 0 unspecified atom stereocenters. The third-order valence-electron chi connectivity index (χ3n) is 6.48. The smallest absolute Gasteiger partial charge is 0.243 e. The van der Waals surface area contributed by atoms with Crippen LogP contribution in [0.15, 0.2) is 48.5 Å². The Labute approximate surface area is 233 Å². The summed E-state index contributed by atoms with van der Waals surface area (Å²) >= 11 is 0. The number of anilines is 1. The fourth-order valence-electron chi connectivity index (χ4n) is 4.21. The minimum absolute atomic E-state index is 0.0155. The predicted octanol–water partition coefficient (Wildman–Crippen LogP) is 4.36. The molecule has 2 aromatic rings. The number of para-hydroxylation sites is 2. The summed E-state index contributed by atoms with van der Waals surface area (Å²) < 4.78 is 37.5. The van der Waals surface area contributed by atoms with Crippen molar-refractivity contribution in [3.05, 3.63) is 54.1 Å². The molecular weight excluding hydrogens is 518 g/mol. The normalized spacial score (nSPS) is 12.8. The molecular formula is C29H43N3O6S. The predicted molar refractivity (Wildman–Crippen MR) is 155 cm³/mol. The number of rotatable bonds is 16. The summed E-state index contributed by atoms with van der Waals surface area (Å²) in [6.07, 6.45) is 2.71. The van der Waals surface area contributed by atoms with E-state index in [-0.39, 0.29) is 43.8 Å². The van der Waals surface area contributed by atoms with E-state index in [4.69, 9.17) is 9.47 Å². The monoisotopic (exact) mass is 561 g/mol. The zero-order chi connectivity index (χ0) is 29.0. The average molecular weight is 562 g/mol. The molecule has 0 bridgehead atoms. The van der Waals surface area contributed by atoms with Gasteiger partial charge in [0.05, 0.1) is 25.7 Å². The van der Waals surface area contributed by atoms with Gasteiger partial charge in [-0.3, -0.25) is 13.9 Å². The number of hydrogen-bond donors (Lipinski definition) is 1. The van der Waals surface area contributed by atoms with Gasteiger partial charge in [-0.25, -0.2) is 8.42 Å². The second-order valence-electron chi connectivity index (χ2n) is 9.45. The Morgan fingerprint density at radius 1 is 1.00 bits per heavy atom. The van der Waals surface area contributed by atoms with Crippen LogP contribution in [-0.2, 0) is 26.2 Å². The molecule has 0 saturated carbocycles. The first-order chi connectivity index (χ1) is 18.5. The van der Waals surface area contributed by atoms with Crippen LogP contribution in [0.2, 0.25) is 0 Å². The number of nitrogens with zero attached hydrogens (tertiary/aromatic N) is 2. The lowest BCUT2D eigenvalue weighted by Gasteiger charge is -2.32. The van der Waals surface area contributed by atoms with Crippen molar-refractivity contribution in [2.24, 2.45) is 0 Å². The Hall–Kier alpha value is -3.27. The van der Waals surface area contributed by atoms with E-state index in [0.717, 1.165) is 18.2 Å². The third kappa shape index (κ3) is 9.45. The molecule has 9 nitrogen and oxygen atoms in total. The van der Waals surface area contributed by atoms with Crippen molar-refractivity contribution in [2.75, 3.05) is 30.8 Å². The number of carbonyl (C=O) groups excluding carboxylic acids is 2. The van der Waals surface area contributed by atoms with E-state index in [9.17, 15) is 18.0 Å². The first-order valence-electron chi connectivity index (χ1n) is 13.5. The molecule has 2 aromatic carbocycles. The van der Waals surface area contributed by atoms with Gasteiger partial charge in [0.25, 0.3) is 0 Å². The average Bonchev–Trinajstić information content (AvgIpc) is 2.91. The standard InChI is InChI=1S/C29H43N3O6S/c1-7-22(4)30-29(34)25(8-2)31(21-23-16-18-24(37-5)19-17-23)28(33)15-12-20-32(39(6,35)36)26-13-10-11-14-27(26)38-9-3/h10-11,13-14,16-19,22,25H,7-9,12,15,20-21H2,1-6H3,(H,30,34)/t22-,25+/m1/s1. The fraction of sp³-hybridized carbons (Fsp3) is 0.517. The van der Waals surface area contributed by atoms with Gasteiger partial charge >= 0.3 is 0 Å². The largest absolute Gasteiger partial charge is 0.497 e. The molecule has 0 fully saturated rings. The Kier molecular flexibility index (Phi) is 12.6. The highest BCUT2D eigenvalue weighted by molar-refractivity contribution is 7.92. The third-order valence-corrected chi connectivity index (χ3v) is 7.66. The number of hydrogen-bond acceptors (Lipinski definition) is 6. The second-order valence-corrected chi connectivity index (χ2v) is 11.4. The molecule has 1 N–H and O–H groups in total. The maximum Gasteiger partial charge on any atom is 0.243 e. The lowest BCUT2D eigenvalue weighted by atomic mass is 10.1. The highest BCUT2D eigenvalue weighted by Gasteiger charge is 2.29. The lowest BCUT2D eigenvalue weighted by molar-refractivity contribution is -0.141. The summed E-state index contributed by atoms with van der Waals surface area (Å²) in [6, 6.07) is 13.6. The van der Waals surface area contributed by atoms with Crippen LogP contribution in [0.1, 0.15) is 58.9 Å². The van der Waals surface area contributed by atoms with Crippen molar-refractivity contribution in [2.45, 2.75) is 72.0 Å². The van der Waals surface area contributed by atoms with Crippen molar-refractivity contribution < 1.29 is 27.5 Å². The van der Waals surface area contributed by atoms with E-state index in [1.807, 2.05) is 52.0 Å². The second kappa shape index (κ2) is 15.4. The van der Waals surface area contributed by atoms with E-state index in [2.05, 4.69) is 5.32 Å². The number of amides is 2. The molecule has 2 amide bonds. The molecule has 0 heterocycles. The topological polar surface area (TPSA) is 105 Å². The Balaban J connectivity index is 2.26. The van der Waals surface area contributed by atoms with Gasteiger partial charge < -0.3 is 19.7 Å². The maximum absolute atomic E-state index is 13.6. The SMILES string of the molecule is CCOc1ccccc1N(CCCC(=O)N(Cc1ccc(OC)cc1)[C@@H](CC)C(=O)N[C@H](C)CC)S(C)(=O)=O. The minimum Gasteiger partial charge on any atom is -0.497 e. The fourth-order valence-corrected chi connectivity index (χ4v) is 5.18. The summed E-state index contributed by atoms with van der Waals surface area (Å²) in [6.45, 7) is 8.37. The van der Waals surface area contributed by atoms with Crippen molar-refractivity contribution in [3.63, 3.8) is 0 Å². The van der Waals surface area contributed by atoms with Crippen LogP contribution in [0.3, 0.4) is 0 Å². The van der Waals surface area contributed by atoms with Gasteiger partial charge in [-0.15, -0.1) is 0 Å². The zero-order valence-electron chi connectivity index (χ0n) is 24.0. The Morgan fingerprint density at radius 2 is 1.67 bits per heavy atom. The van der Waals surface area contributed by atoms with Gasteiger partial charge in [0, 0.05) is 25.6 Å². The zero-order valence-corrected chi connectivity index (χ0v) is 24.8. The van der Waals surface area contributed by atoms with Crippen LogP contribution >= 0.6 is 0 Å². The van der Waals surface area contributed by atoms with Crippen molar-refractivity contribution in [1.82, 2.24) is 10.2 Å². The molecule has 216 valence electrons. The summed E-state index contributed by atoms with van der Waals surface area (Å²) in [5, 5.41) is 3.00. The van der Waals surface area contributed by atoms with E-state index in [0.29, 0.717) is 30.2 Å². The first kappa shape index (κ1) is 31.9. The highest BCUT2D eigenvalue weighted by Crippen LogP contribution is 2.30. The molecule has 0 aliphatic carbocycles. The van der Waals surface area contributed by atoms with Crippen LogP contribution in [0, 0.1) is 0 Å². The number of nitrogens with one attached hydrogen (secondary N) is 1. The molecule has 2 rings (SSSR count). The molecule has 2 atom stereocenters. The molecule has 10 heteroatoms. The van der Waals surface area contributed by atoms with Crippen LogP contribution < -0.4 is 19.1 Å². The van der Waals surface area contributed by atoms with Crippen molar-refractivity contribution in [3.8, 4) is 11.5 Å². The first-order valence-corrected chi connectivity index (χ1v) is 15.3. The van der Waals surface area contributed by atoms with Gasteiger partial charge in [0.15, 0.2) is 0 Å². The summed E-state index contributed by atoms with van der Waals surface area (Å²) in [5.74, 6) is 0.748. The minimum atomic E-state index is -3.63. The van der Waals surface area contributed by atoms with E-state index in [1.54, 1.807) is 36.3 Å². The Bertz CT molecular complexity index is 1170. The number of carbonyl (C=O) groups is 2. The molecule has 0 aliphatic rings. The van der Waals surface area contributed by atoms with Crippen LogP contribution in [0.25, 0.3) is 0 Å². The van der Waals surface area contributed by atoms with E-state index >= 15 is 0 Å². The highest BCUT2D eigenvalue weighted by atomic mass is 32.2. The molecule has 0 spiro atoms. The number of sulfonamides is 1. The molecule has 0 radical (unpaired) electrons. The summed E-state index contributed by atoms with van der Waals surface area (Å²) in [5.41, 5.74) is 1.30. The van der Waals surface area contributed by atoms with Crippen molar-refractivity contribution >= 4 is 27.5 Å². The van der Waals surface area contributed by atoms with Crippen LogP contribution in [0.5, 0.6) is 11.5 Å². The van der Waals surface area contributed by atoms with E-state index < -0.39 is 16.1 Å². The van der Waals surface area contributed by atoms with Crippen molar-refractivity contribution in [1.29, 1.82) is 0 Å². The maximum atomic E-state index is 13.6. The van der Waals surface area contributed by atoms with Gasteiger partial charge in [-0.2, -0.15) is 0 Å². The van der Waals surface area contributed by atoms with Gasteiger partial charge in [0.1, 0.15) is 17.5 Å². The quantitative estimate of drug-likeness (QED) is 0.327. The summed E-state index contributed by atoms with van der Waals surface area (Å²) in [4.78, 5) is 28.3. The molecule has 0 saturated heterocycles. The number of benzene rings is 2. The van der Waals surface area contributed by atoms with Gasteiger partial charge in [0.2, 0.25) is 21.8 Å². The van der Waals surface area contributed by atoms with Gasteiger partial charge in [-0.05, 0) is 62.9 Å². The van der Waals surface area contributed by atoms with Crippen LogP contribution in [-0.4, -0.2) is 63.7 Å². The Morgan fingerprint density at radius 3 is 2.23 bits per heavy atom. The number of methoxy groups -OCH3 is 1. The van der Waals surface area contributed by atoms with E-state index in [1.165, 1.54) is 4.31 Å². The number of ether oxygens (including phenoxy) is 2. The van der Waals surface area contributed by atoms with Gasteiger partial charge in [-0.1, -0.05) is 38.1 Å². The summed E-state index contributed by atoms with van der Waals surface area (Å²) in [7, 11) is -2.04.